The first-order chi connectivity index (χ1) is 18.3. The average molecular weight is 554 g/mol. The zero-order chi connectivity index (χ0) is 29.2. The molecule has 0 bridgehead atoms. The van der Waals surface area contributed by atoms with Gasteiger partial charge in [0.15, 0.2) is 5.43 Å². The van der Waals surface area contributed by atoms with Crippen LogP contribution in [0.4, 0.5) is 17.6 Å². The molecule has 0 spiro atoms. The minimum absolute atomic E-state index is 0.197. The van der Waals surface area contributed by atoms with E-state index in [-0.39, 0.29) is 29.1 Å². The van der Waals surface area contributed by atoms with Crippen molar-refractivity contribution >= 4 is 28.8 Å². The number of fused-ring (bicyclic) bond motifs is 1. The van der Waals surface area contributed by atoms with Crippen LogP contribution in [-0.4, -0.2) is 41.7 Å². The zero-order valence-corrected chi connectivity index (χ0v) is 20.7. The largest absolute Gasteiger partial charge is 0.490 e. The number of carbonyl (C=O) groups excluding carboxylic acids is 2. The normalized spacial score (nSPS) is 11.7. The highest BCUT2D eigenvalue weighted by molar-refractivity contribution is 5.83. The van der Waals surface area contributed by atoms with Gasteiger partial charge in [-0.15, -0.1) is 0 Å². The van der Waals surface area contributed by atoms with Gasteiger partial charge >= 0.3 is 18.1 Å². The Labute approximate surface area is 219 Å². The third-order valence-electron chi connectivity index (χ3n) is 5.15. The zero-order valence-electron chi connectivity index (χ0n) is 20.7. The Morgan fingerprint density at radius 3 is 2.31 bits per heavy atom. The van der Waals surface area contributed by atoms with Gasteiger partial charge in [-0.25, -0.2) is 9.18 Å². The molecular formula is C26H26F4N2O7. The lowest BCUT2D eigenvalue weighted by atomic mass is 10.1. The van der Waals surface area contributed by atoms with E-state index < -0.39 is 30.0 Å². The van der Waals surface area contributed by atoms with Crippen molar-refractivity contribution in [3.8, 4) is 16.9 Å². The molecule has 0 saturated carbocycles. The van der Waals surface area contributed by atoms with E-state index in [1.165, 1.54) is 48.7 Å². The number of rotatable bonds is 9. The number of aliphatic carboxylic acids is 1. The Hall–Kier alpha value is -4.26. The first-order valence-electron chi connectivity index (χ1n) is 11.6. The minimum Gasteiger partial charge on any atom is -0.475 e. The summed E-state index contributed by atoms with van der Waals surface area (Å²) in [6.45, 7) is 2.13. The van der Waals surface area contributed by atoms with Gasteiger partial charge in [0.05, 0.1) is 17.0 Å². The third kappa shape index (κ3) is 9.85. The smallest absolute Gasteiger partial charge is 0.475 e. The molecule has 3 rings (SSSR count). The van der Waals surface area contributed by atoms with Crippen molar-refractivity contribution < 1.29 is 46.2 Å². The molecule has 1 amide bonds. The molecule has 0 aliphatic heterocycles. The number of ether oxygens (including phenoxy) is 1. The molecule has 0 saturated heterocycles. The molecule has 2 aromatic carbocycles. The number of benzene rings is 2. The highest BCUT2D eigenvalue weighted by Gasteiger charge is 2.38. The molecule has 4 N–H and O–H groups in total. The predicted octanol–water partition coefficient (Wildman–Crippen LogP) is 4.16. The number of nitrogens with two attached hydrogens (primary N) is 1. The highest BCUT2D eigenvalue weighted by atomic mass is 19.4. The molecule has 13 heteroatoms. The topological polar surface area (TPSA) is 149 Å². The Bertz CT molecular complexity index is 1350. The lowest BCUT2D eigenvalue weighted by molar-refractivity contribution is -0.192. The van der Waals surface area contributed by atoms with Crippen molar-refractivity contribution in [3.63, 3.8) is 0 Å². The lowest BCUT2D eigenvalue weighted by Crippen LogP contribution is -2.38. The van der Waals surface area contributed by atoms with Crippen LogP contribution in [0.5, 0.6) is 5.75 Å². The summed E-state index contributed by atoms with van der Waals surface area (Å²) < 4.78 is 55.8. The first-order valence-corrected chi connectivity index (χ1v) is 11.6. The Kier molecular flexibility index (Phi) is 11.2. The maximum atomic E-state index is 13.1. The van der Waals surface area contributed by atoms with E-state index in [0.29, 0.717) is 29.5 Å². The molecule has 1 aromatic heterocycles. The quantitative estimate of drug-likeness (QED) is 0.155. The molecule has 1 atom stereocenters. The second-order valence-electron chi connectivity index (χ2n) is 8.31. The Morgan fingerprint density at radius 2 is 1.72 bits per heavy atom. The number of amides is 1. The molecule has 0 radical (unpaired) electrons. The number of halogens is 4. The number of carbonyl (C=O) groups is 3. The van der Waals surface area contributed by atoms with E-state index in [0.717, 1.165) is 12.8 Å². The summed E-state index contributed by atoms with van der Waals surface area (Å²) in [4.78, 5) is 45.1. The second-order valence-corrected chi connectivity index (χ2v) is 8.31. The SMILES string of the molecule is C[C@@H](N)C(=O)NCCCCCC(=O)Oc1ccc2c(=O)c(-c3ccc(F)cc3)coc2c1.O=C(O)C(F)(F)F. The van der Waals surface area contributed by atoms with Crippen molar-refractivity contribution in [3.05, 3.63) is 64.8 Å². The van der Waals surface area contributed by atoms with Gasteiger partial charge in [-0.3, -0.25) is 14.4 Å². The molecule has 0 aliphatic carbocycles. The number of esters is 1. The minimum atomic E-state index is -5.08. The van der Waals surface area contributed by atoms with Gasteiger partial charge in [-0.2, -0.15) is 13.2 Å². The predicted molar refractivity (Wildman–Crippen MR) is 132 cm³/mol. The first kappa shape index (κ1) is 31.0. The molecule has 0 fully saturated rings. The van der Waals surface area contributed by atoms with Crippen LogP contribution in [0.1, 0.15) is 32.6 Å². The van der Waals surface area contributed by atoms with Crippen molar-refractivity contribution in [1.29, 1.82) is 0 Å². The van der Waals surface area contributed by atoms with Crippen LogP contribution >= 0.6 is 0 Å². The molecule has 39 heavy (non-hydrogen) atoms. The number of alkyl halides is 3. The summed E-state index contributed by atoms with van der Waals surface area (Å²) in [6.07, 6.45) is -1.42. The highest BCUT2D eigenvalue weighted by Crippen LogP contribution is 2.23. The van der Waals surface area contributed by atoms with Gasteiger partial charge in [0.25, 0.3) is 0 Å². The fourth-order valence-electron chi connectivity index (χ4n) is 3.13. The summed E-state index contributed by atoms with van der Waals surface area (Å²) in [7, 11) is 0. The number of nitrogens with one attached hydrogen (secondary N) is 1. The molecule has 1 heterocycles. The van der Waals surface area contributed by atoms with Crippen LogP contribution < -0.4 is 21.2 Å². The molecule has 0 unspecified atom stereocenters. The number of hydrogen-bond donors (Lipinski definition) is 3. The van der Waals surface area contributed by atoms with Crippen LogP contribution in [-0.2, 0) is 14.4 Å². The molecule has 0 aliphatic rings. The second kappa shape index (κ2) is 14.0. The number of hydrogen-bond acceptors (Lipinski definition) is 7. The van der Waals surface area contributed by atoms with Gasteiger partial charge in [-0.05, 0) is 49.6 Å². The molecular weight excluding hydrogens is 528 g/mol. The van der Waals surface area contributed by atoms with E-state index in [1.54, 1.807) is 6.92 Å². The maximum absolute atomic E-state index is 13.1. The van der Waals surface area contributed by atoms with Gasteiger partial charge in [-0.1, -0.05) is 18.6 Å². The van der Waals surface area contributed by atoms with Crippen molar-refractivity contribution in [2.75, 3.05) is 6.54 Å². The summed E-state index contributed by atoms with van der Waals surface area (Å²) >= 11 is 0. The summed E-state index contributed by atoms with van der Waals surface area (Å²) in [6, 6.07) is 9.61. The van der Waals surface area contributed by atoms with Crippen LogP contribution in [0.2, 0.25) is 0 Å². The maximum Gasteiger partial charge on any atom is 0.490 e. The van der Waals surface area contributed by atoms with E-state index in [2.05, 4.69) is 5.32 Å². The summed E-state index contributed by atoms with van der Waals surface area (Å²) in [5.41, 5.74) is 6.36. The molecule has 3 aromatic rings. The van der Waals surface area contributed by atoms with E-state index >= 15 is 0 Å². The average Bonchev–Trinajstić information content (AvgIpc) is 2.86. The van der Waals surface area contributed by atoms with E-state index in [9.17, 15) is 31.9 Å². The monoisotopic (exact) mass is 554 g/mol. The van der Waals surface area contributed by atoms with Gasteiger partial charge in [0.2, 0.25) is 5.91 Å². The van der Waals surface area contributed by atoms with Crippen LogP contribution in [0, 0.1) is 5.82 Å². The fourth-order valence-corrected chi connectivity index (χ4v) is 3.13. The van der Waals surface area contributed by atoms with Crippen LogP contribution in [0.25, 0.3) is 22.1 Å². The lowest BCUT2D eigenvalue weighted by Gasteiger charge is -2.08. The van der Waals surface area contributed by atoms with Crippen molar-refractivity contribution in [1.82, 2.24) is 5.32 Å². The van der Waals surface area contributed by atoms with Gasteiger partial charge < -0.3 is 25.3 Å². The van der Waals surface area contributed by atoms with Gasteiger partial charge in [0.1, 0.15) is 23.4 Å². The summed E-state index contributed by atoms with van der Waals surface area (Å²) in [5.74, 6) is -3.46. The number of carboxylic acid groups (broad SMARTS) is 1. The third-order valence-corrected chi connectivity index (χ3v) is 5.15. The van der Waals surface area contributed by atoms with Crippen LogP contribution in [0.3, 0.4) is 0 Å². The van der Waals surface area contributed by atoms with Crippen molar-refractivity contribution in [2.24, 2.45) is 5.73 Å². The van der Waals surface area contributed by atoms with E-state index in [4.69, 9.17) is 24.8 Å². The number of carboxylic acids is 1. The molecule has 9 nitrogen and oxygen atoms in total. The number of unbranched alkanes of at least 4 members (excludes halogenated alkanes) is 2. The Balaban J connectivity index is 0.000000673. The fraction of sp³-hybridized carbons (Fsp3) is 0.308. The standard InChI is InChI=1S/C24H25FN2O5.C2HF3O2/c1-15(26)24(30)27-12-4-2-3-5-22(28)32-18-10-11-19-21(13-18)31-14-20(23(19)29)16-6-8-17(25)9-7-16;3-2(4,5)1(6)7/h6-11,13-15H,2-5,12,26H2,1H3,(H,27,30);(H,6,7)/t15-;/m1./s1. The molecule has 210 valence electrons. The van der Waals surface area contributed by atoms with Crippen molar-refractivity contribution in [2.45, 2.75) is 44.8 Å². The summed E-state index contributed by atoms with van der Waals surface area (Å²) in [5, 5.41) is 10.2. The van der Waals surface area contributed by atoms with Crippen LogP contribution in [0.15, 0.2) is 57.9 Å². The van der Waals surface area contributed by atoms with E-state index in [1.807, 2.05) is 0 Å². The Morgan fingerprint density at radius 1 is 1.08 bits per heavy atom. The van der Waals surface area contributed by atoms with Gasteiger partial charge in [0, 0.05) is 19.0 Å².